The van der Waals surface area contributed by atoms with Crippen LogP contribution < -0.4 is 0 Å². The molecule has 5 aromatic rings. The van der Waals surface area contributed by atoms with Crippen LogP contribution in [-0.2, 0) is 0 Å². The number of fused-ring (bicyclic) bond motifs is 2. The van der Waals surface area contributed by atoms with Crippen molar-refractivity contribution in [3.8, 4) is 32.4 Å². The summed E-state index contributed by atoms with van der Waals surface area (Å²) in [7, 11) is 0. The van der Waals surface area contributed by atoms with Crippen LogP contribution in [0, 0.1) is 0 Å². The van der Waals surface area contributed by atoms with Crippen LogP contribution in [0.25, 0.3) is 42.7 Å². The fourth-order valence-electron chi connectivity index (χ4n) is 3.37. The minimum atomic E-state index is 0.182. The first-order chi connectivity index (χ1) is 13.2. The van der Waals surface area contributed by atoms with Crippen molar-refractivity contribution in [1.29, 1.82) is 0 Å². The van der Waals surface area contributed by atoms with Crippen LogP contribution in [0.15, 0.2) is 73.1 Å². The Morgan fingerprint density at radius 1 is 0.593 bits per heavy atom. The number of pyridine rings is 2. The molecule has 2 aromatic carbocycles. The highest BCUT2D eigenvalue weighted by Gasteiger charge is 2.13. The zero-order chi connectivity index (χ0) is 18.4. The first-order valence-corrected chi connectivity index (χ1v) is 9.28. The van der Waals surface area contributed by atoms with E-state index in [1.54, 1.807) is 35.9 Å². The third-order valence-electron chi connectivity index (χ3n) is 4.63. The van der Waals surface area contributed by atoms with Gasteiger partial charge >= 0.3 is 0 Å². The van der Waals surface area contributed by atoms with E-state index in [-0.39, 0.29) is 11.5 Å². The fraction of sp³-hybridized carbons (Fsp3) is 0. The second kappa shape index (κ2) is 6.07. The molecule has 5 rings (SSSR count). The van der Waals surface area contributed by atoms with Gasteiger partial charge in [-0.3, -0.25) is 9.97 Å². The fourth-order valence-corrected chi connectivity index (χ4v) is 4.46. The summed E-state index contributed by atoms with van der Waals surface area (Å²) in [4.78, 5) is 10.8. The van der Waals surface area contributed by atoms with Crippen molar-refractivity contribution in [2.24, 2.45) is 0 Å². The molecular weight excluding hydrogens is 356 g/mol. The molecule has 0 radical (unpaired) electrons. The summed E-state index contributed by atoms with van der Waals surface area (Å²) in [6, 6.07) is 19.1. The van der Waals surface area contributed by atoms with Crippen molar-refractivity contribution in [2.75, 3.05) is 0 Å². The number of hydrogen-bond donors (Lipinski definition) is 2. The Morgan fingerprint density at radius 3 is 1.56 bits per heavy atom. The summed E-state index contributed by atoms with van der Waals surface area (Å²) >= 11 is 1.66. The van der Waals surface area contributed by atoms with Crippen molar-refractivity contribution < 1.29 is 10.2 Å². The van der Waals surface area contributed by atoms with Crippen molar-refractivity contribution in [3.63, 3.8) is 0 Å². The third kappa shape index (κ3) is 2.52. The highest BCUT2D eigenvalue weighted by Crippen LogP contribution is 2.41. The lowest BCUT2D eigenvalue weighted by atomic mass is 10.1. The predicted octanol–water partition coefficient (Wildman–Crippen LogP) is 5.59. The molecule has 0 aliphatic rings. The van der Waals surface area contributed by atoms with Crippen molar-refractivity contribution >= 4 is 33.1 Å². The van der Waals surface area contributed by atoms with Gasteiger partial charge in [0.2, 0.25) is 0 Å². The molecule has 0 aliphatic heterocycles. The maximum absolute atomic E-state index is 10.1. The molecule has 3 heterocycles. The molecule has 4 nitrogen and oxygen atoms in total. The van der Waals surface area contributed by atoms with Crippen LogP contribution in [0.2, 0.25) is 0 Å². The maximum Gasteiger partial charge on any atom is 0.141 e. The Bertz CT molecular complexity index is 1210. The Hall–Kier alpha value is -3.44. The molecule has 0 bridgehead atoms. The van der Waals surface area contributed by atoms with Gasteiger partial charge < -0.3 is 10.2 Å². The Kier molecular flexibility index (Phi) is 3.55. The van der Waals surface area contributed by atoms with Crippen molar-refractivity contribution in [3.05, 3.63) is 73.1 Å². The summed E-state index contributed by atoms with van der Waals surface area (Å²) in [5, 5.41) is 22.0. The molecule has 0 spiro atoms. The minimum absolute atomic E-state index is 0.182. The second-order valence-electron chi connectivity index (χ2n) is 6.23. The quantitative estimate of drug-likeness (QED) is 0.425. The largest absolute Gasteiger partial charge is 0.506 e. The molecule has 130 valence electrons. The number of aromatic hydroxyl groups is 2. The lowest BCUT2D eigenvalue weighted by Crippen LogP contribution is -1.82. The van der Waals surface area contributed by atoms with E-state index in [1.807, 2.05) is 36.4 Å². The highest BCUT2D eigenvalue weighted by atomic mass is 32.1. The van der Waals surface area contributed by atoms with Crippen LogP contribution in [0.1, 0.15) is 0 Å². The topological polar surface area (TPSA) is 66.2 Å². The van der Waals surface area contributed by atoms with Crippen LogP contribution in [0.5, 0.6) is 11.5 Å². The van der Waals surface area contributed by atoms with Crippen molar-refractivity contribution in [2.45, 2.75) is 0 Å². The molecule has 0 fully saturated rings. The smallest absolute Gasteiger partial charge is 0.141 e. The van der Waals surface area contributed by atoms with Gasteiger partial charge in [0.15, 0.2) is 0 Å². The van der Waals surface area contributed by atoms with E-state index in [0.29, 0.717) is 11.0 Å². The number of benzene rings is 2. The first kappa shape index (κ1) is 15.8. The summed E-state index contributed by atoms with van der Waals surface area (Å²) < 4.78 is 0. The lowest BCUT2D eigenvalue weighted by molar-refractivity contribution is 0.480. The van der Waals surface area contributed by atoms with Crippen LogP contribution in [0.4, 0.5) is 0 Å². The monoisotopic (exact) mass is 370 g/mol. The lowest BCUT2D eigenvalue weighted by Gasteiger charge is -2.06. The third-order valence-corrected chi connectivity index (χ3v) is 5.79. The zero-order valence-corrected chi connectivity index (χ0v) is 14.9. The van der Waals surface area contributed by atoms with E-state index in [4.69, 9.17) is 0 Å². The number of hydrogen-bond acceptors (Lipinski definition) is 5. The van der Waals surface area contributed by atoms with E-state index >= 15 is 0 Å². The predicted molar refractivity (Wildman–Crippen MR) is 109 cm³/mol. The SMILES string of the molecule is Oc1ccc(-c2ccc(-c3ccc(O)c4ncccc34)s2)c2cccnc12. The van der Waals surface area contributed by atoms with E-state index < -0.39 is 0 Å². The molecule has 0 atom stereocenters. The average molecular weight is 370 g/mol. The Morgan fingerprint density at radius 2 is 1.07 bits per heavy atom. The van der Waals surface area contributed by atoms with Gasteiger partial charge in [-0.1, -0.05) is 12.1 Å². The number of phenolic OH excluding ortho intramolecular Hbond substituents is 2. The number of thiophene rings is 1. The molecular formula is C22H14N2O2S. The van der Waals surface area contributed by atoms with Gasteiger partial charge in [-0.15, -0.1) is 11.3 Å². The van der Waals surface area contributed by atoms with E-state index in [9.17, 15) is 10.2 Å². The highest BCUT2D eigenvalue weighted by molar-refractivity contribution is 7.19. The molecule has 3 aromatic heterocycles. The van der Waals surface area contributed by atoms with E-state index in [2.05, 4.69) is 22.1 Å². The van der Waals surface area contributed by atoms with Gasteiger partial charge in [0.05, 0.1) is 0 Å². The normalized spacial score (nSPS) is 11.3. The molecule has 27 heavy (non-hydrogen) atoms. The van der Waals surface area contributed by atoms with Gasteiger partial charge in [0, 0.05) is 44.0 Å². The first-order valence-electron chi connectivity index (χ1n) is 8.46. The molecule has 0 saturated heterocycles. The molecule has 0 unspecified atom stereocenters. The van der Waals surface area contributed by atoms with Gasteiger partial charge in [-0.05, 0) is 48.5 Å². The molecule has 0 saturated carbocycles. The number of rotatable bonds is 2. The second-order valence-corrected chi connectivity index (χ2v) is 7.31. The van der Waals surface area contributed by atoms with Crippen LogP contribution >= 0.6 is 11.3 Å². The van der Waals surface area contributed by atoms with Gasteiger partial charge in [-0.25, -0.2) is 0 Å². The van der Waals surface area contributed by atoms with Gasteiger partial charge in [-0.2, -0.15) is 0 Å². The molecule has 5 heteroatoms. The number of aromatic nitrogens is 2. The van der Waals surface area contributed by atoms with Gasteiger partial charge in [0.1, 0.15) is 22.5 Å². The number of phenols is 2. The van der Waals surface area contributed by atoms with Gasteiger partial charge in [0.25, 0.3) is 0 Å². The Labute approximate surface area is 159 Å². The summed E-state index contributed by atoms with van der Waals surface area (Å²) in [5.74, 6) is 0.364. The van der Waals surface area contributed by atoms with Crippen LogP contribution in [0.3, 0.4) is 0 Å². The minimum Gasteiger partial charge on any atom is -0.506 e. The average Bonchev–Trinajstić information content (AvgIpc) is 3.19. The molecule has 2 N–H and O–H groups in total. The maximum atomic E-state index is 10.1. The summed E-state index contributed by atoms with van der Waals surface area (Å²) in [6.07, 6.45) is 3.36. The zero-order valence-electron chi connectivity index (χ0n) is 14.1. The van der Waals surface area contributed by atoms with Crippen LogP contribution in [-0.4, -0.2) is 20.2 Å². The van der Waals surface area contributed by atoms with E-state index in [1.165, 1.54) is 0 Å². The van der Waals surface area contributed by atoms with E-state index in [0.717, 1.165) is 31.7 Å². The standard InChI is InChI=1S/C22H14N2O2S/c25-17-7-5-13(15-3-1-11-23-21(15)17)19-9-10-20(27-19)14-6-8-18(26)22-16(14)4-2-12-24-22/h1-12,25-26H. The molecule has 0 amide bonds. The summed E-state index contributed by atoms with van der Waals surface area (Å²) in [6.45, 7) is 0. The molecule has 0 aliphatic carbocycles. The summed E-state index contributed by atoms with van der Waals surface area (Å²) in [5.41, 5.74) is 3.27. The number of nitrogens with zero attached hydrogens (tertiary/aromatic N) is 2. The van der Waals surface area contributed by atoms with Crippen molar-refractivity contribution in [1.82, 2.24) is 9.97 Å². The Balaban J connectivity index is 1.69.